The van der Waals surface area contributed by atoms with Crippen molar-refractivity contribution < 1.29 is 13.9 Å². The Labute approximate surface area is 119 Å². The van der Waals surface area contributed by atoms with Gasteiger partial charge in [-0.1, -0.05) is 0 Å². The molecule has 1 fully saturated rings. The number of hydrogen-bond acceptors (Lipinski definition) is 5. The predicted molar refractivity (Wildman–Crippen MR) is 74.8 cm³/mol. The molecule has 1 aliphatic rings. The number of oxazole rings is 1. The quantitative estimate of drug-likeness (QED) is 0.737. The third-order valence-corrected chi connectivity index (χ3v) is 3.40. The van der Waals surface area contributed by atoms with Gasteiger partial charge in [-0.3, -0.25) is 4.79 Å². The molecule has 1 aromatic heterocycles. The number of rotatable bonds is 7. The minimum absolute atomic E-state index is 0.176. The fourth-order valence-corrected chi connectivity index (χ4v) is 2.26. The summed E-state index contributed by atoms with van der Waals surface area (Å²) in [6.45, 7) is 5.87. The Morgan fingerprint density at radius 2 is 2.35 bits per heavy atom. The van der Waals surface area contributed by atoms with Gasteiger partial charge in [-0.15, -0.1) is 0 Å². The van der Waals surface area contributed by atoms with Crippen LogP contribution in [0.15, 0.2) is 10.7 Å². The van der Waals surface area contributed by atoms with E-state index in [0.29, 0.717) is 37.3 Å². The van der Waals surface area contributed by atoms with Crippen LogP contribution in [0.25, 0.3) is 0 Å². The maximum absolute atomic E-state index is 11.9. The van der Waals surface area contributed by atoms with Gasteiger partial charge in [0.05, 0.1) is 0 Å². The van der Waals surface area contributed by atoms with Crippen LogP contribution in [-0.2, 0) is 4.74 Å². The lowest BCUT2D eigenvalue weighted by Crippen LogP contribution is -2.27. The highest BCUT2D eigenvalue weighted by Crippen LogP contribution is 2.24. The van der Waals surface area contributed by atoms with E-state index in [-0.39, 0.29) is 5.91 Å². The number of carbonyl (C=O) groups is 1. The van der Waals surface area contributed by atoms with E-state index in [4.69, 9.17) is 9.15 Å². The smallest absolute Gasteiger partial charge is 0.273 e. The first-order valence-corrected chi connectivity index (χ1v) is 7.33. The first kappa shape index (κ1) is 15.0. The number of piperidine rings is 1. The van der Waals surface area contributed by atoms with Gasteiger partial charge in [-0.25, -0.2) is 4.98 Å². The molecule has 2 rings (SSSR count). The molecule has 1 aromatic rings. The molecule has 20 heavy (non-hydrogen) atoms. The van der Waals surface area contributed by atoms with Gasteiger partial charge in [0.25, 0.3) is 5.91 Å². The van der Waals surface area contributed by atoms with Gasteiger partial charge in [0.2, 0.25) is 0 Å². The summed E-state index contributed by atoms with van der Waals surface area (Å²) >= 11 is 0. The van der Waals surface area contributed by atoms with Crippen LogP contribution in [0.4, 0.5) is 0 Å². The van der Waals surface area contributed by atoms with Crippen molar-refractivity contribution in [3.63, 3.8) is 0 Å². The SMILES string of the molecule is CCOCCCNC(=O)c1coc(C2CCNCC2)n1. The van der Waals surface area contributed by atoms with Gasteiger partial charge >= 0.3 is 0 Å². The summed E-state index contributed by atoms with van der Waals surface area (Å²) in [5, 5.41) is 6.12. The predicted octanol–water partition coefficient (Wildman–Crippen LogP) is 1.30. The molecule has 1 amide bonds. The summed E-state index contributed by atoms with van der Waals surface area (Å²) < 4.78 is 10.7. The summed E-state index contributed by atoms with van der Waals surface area (Å²) in [6.07, 6.45) is 4.28. The van der Waals surface area contributed by atoms with Crippen LogP contribution in [0.3, 0.4) is 0 Å². The van der Waals surface area contributed by atoms with E-state index >= 15 is 0 Å². The molecule has 112 valence electrons. The van der Waals surface area contributed by atoms with Crippen LogP contribution < -0.4 is 10.6 Å². The summed E-state index contributed by atoms with van der Waals surface area (Å²) in [4.78, 5) is 16.2. The standard InChI is InChI=1S/C14H23N3O3/c1-2-19-9-3-6-16-13(18)12-10-20-14(17-12)11-4-7-15-8-5-11/h10-11,15H,2-9H2,1H3,(H,16,18). The molecule has 0 atom stereocenters. The third-order valence-electron chi connectivity index (χ3n) is 3.40. The Kier molecular flexibility index (Phi) is 6.01. The second-order valence-corrected chi connectivity index (χ2v) is 4.90. The van der Waals surface area contributed by atoms with Gasteiger partial charge in [0, 0.05) is 25.7 Å². The number of amides is 1. The molecule has 0 aliphatic carbocycles. The van der Waals surface area contributed by atoms with Gasteiger partial charge in [0.15, 0.2) is 11.6 Å². The highest BCUT2D eigenvalue weighted by atomic mass is 16.5. The van der Waals surface area contributed by atoms with E-state index in [0.717, 1.165) is 32.4 Å². The van der Waals surface area contributed by atoms with Crippen molar-refractivity contribution in [1.29, 1.82) is 0 Å². The van der Waals surface area contributed by atoms with Crippen LogP contribution in [0.1, 0.15) is 48.5 Å². The fraction of sp³-hybridized carbons (Fsp3) is 0.714. The van der Waals surface area contributed by atoms with Crippen LogP contribution in [0.5, 0.6) is 0 Å². The molecule has 6 heteroatoms. The Hall–Kier alpha value is -1.40. The lowest BCUT2D eigenvalue weighted by molar-refractivity contribution is 0.0939. The second-order valence-electron chi connectivity index (χ2n) is 4.90. The molecule has 0 saturated carbocycles. The zero-order chi connectivity index (χ0) is 14.2. The Balaban J connectivity index is 1.77. The summed E-state index contributed by atoms with van der Waals surface area (Å²) in [5.74, 6) is 0.840. The summed E-state index contributed by atoms with van der Waals surface area (Å²) in [7, 11) is 0. The van der Waals surface area contributed by atoms with Crippen molar-refractivity contribution in [2.75, 3.05) is 32.8 Å². The summed E-state index contributed by atoms with van der Waals surface area (Å²) in [5.41, 5.74) is 0.370. The molecule has 0 aromatic carbocycles. The number of hydrogen-bond donors (Lipinski definition) is 2. The molecule has 0 bridgehead atoms. The zero-order valence-corrected chi connectivity index (χ0v) is 12.0. The molecule has 6 nitrogen and oxygen atoms in total. The van der Waals surface area contributed by atoms with E-state index in [1.165, 1.54) is 6.26 Å². The molecule has 2 N–H and O–H groups in total. The van der Waals surface area contributed by atoms with E-state index < -0.39 is 0 Å². The van der Waals surface area contributed by atoms with Crippen molar-refractivity contribution in [3.8, 4) is 0 Å². The van der Waals surface area contributed by atoms with Crippen LogP contribution in [0, 0.1) is 0 Å². The number of ether oxygens (including phenoxy) is 1. The molecule has 0 unspecified atom stereocenters. The van der Waals surface area contributed by atoms with E-state index in [2.05, 4.69) is 15.6 Å². The molecule has 2 heterocycles. The lowest BCUT2D eigenvalue weighted by Gasteiger charge is -2.19. The van der Waals surface area contributed by atoms with Crippen molar-refractivity contribution >= 4 is 5.91 Å². The minimum Gasteiger partial charge on any atom is -0.448 e. The van der Waals surface area contributed by atoms with Crippen LogP contribution in [0.2, 0.25) is 0 Å². The van der Waals surface area contributed by atoms with E-state index in [1.807, 2.05) is 6.92 Å². The van der Waals surface area contributed by atoms with Crippen molar-refractivity contribution in [3.05, 3.63) is 17.8 Å². The first-order valence-electron chi connectivity index (χ1n) is 7.33. The first-order chi connectivity index (χ1) is 9.81. The Morgan fingerprint density at radius 3 is 3.10 bits per heavy atom. The molecule has 0 radical (unpaired) electrons. The second kappa shape index (κ2) is 8.01. The molecular formula is C14H23N3O3. The Bertz CT molecular complexity index is 414. The monoisotopic (exact) mass is 281 g/mol. The van der Waals surface area contributed by atoms with Gasteiger partial charge in [0.1, 0.15) is 6.26 Å². The van der Waals surface area contributed by atoms with Crippen LogP contribution in [-0.4, -0.2) is 43.7 Å². The lowest BCUT2D eigenvalue weighted by atomic mass is 9.98. The molecule has 0 spiro atoms. The minimum atomic E-state index is -0.176. The molecule has 1 aliphatic heterocycles. The summed E-state index contributed by atoms with van der Waals surface area (Å²) in [6, 6.07) is 0. The molecular weight excluding hydrogens is 258 g/mol. The highest BCUT2D eigenvalue weighted by molar-refractivity contribution is 5.91. The van der Waals surface area contributed by atoms with E-state index in [9.17, 15) is 4.79 Å². The van der Waals surface area contributed by atoms with Gasteiger partial charge in [-0.05, 0) is 39.3 Å². The third kappa shape index (κ3) is 4.31. The van der Waals surface area contributed by atoms with Crippen molar-refractivity contribution in [1.82, 2.24) is 15.6 Å². The number of nitrogens with one attached hydrogen (secondary N) is 2. The maximum Gasteiger partial charge on any atom is 0.273 e. The highest BCUT2D eigenvalue weighted by Gasteiger charge is 2.21. The van der Waals surface area contributed by atoms with Crippen molar-refractivity contribution in [2.45, 2.75) is 32.1 Å². The largest absolute Gasteiger partial charge is 0.448 e. The number of aromatic nitrogens is 1. The zero-order valence-electron chi connectivity index (χ0n) is 12.0. The molecule has 1 saturated heterocycles. The average Bonchev–Trinajstić information content (AvgIpc) is 2.98. The number of carbonyl (C=O) groups excluding carboxylic acids is 1. The van der Waals surface area contributed by atoms with Crippen LogP contribution >= 0.6 is 0 Å². The maximum atomic E-state index is 11.9. The fourth-order valence-electron chi connectivity index (χ4n) is 2.26. The normalized spacial score (nSPS) is 16.2. The van der Waals surface area contributed by atoms with E-state index in [1.54, 1.807) is 0 Å². The average molecular weight is 281 g/mol. The topological polar surface area (TPSA) is 76.4 Å². The number of nitrogens with zero attached hydrogens (tertiary/aromatic N) is 1. The Morgan fingerprint density at radius 1 is 1.55 bits per heavy atom. The van der Waals surface area contributed by atoms with Gasteiger partial charge in [-0.2, -0.15) is 0 Å². The van der Waals surface area contributed by atoms with Gasteiger partial charge < -0.3 is 19.8 Å². The van der Waals surface area contributed by atoms with Crippen molar-refractivity contribution in [2.24, 2.45) is 0 Å².